The summed E-state index contributed by atoms with van der Waals surface area (Å²) in [6, 6.07) is 33.6. The number of ether oxygens (including phenoxy) is 3. The third-order valence-electron chi connectivity index (χ3n) is 6.41. The van der Waals surface area contributed by atoms with E-state index in [1.165, 1.54) is 33.0 Å². The molecular formula is C32H33NO3. The van der Waals surface area contributed by atoms with Gasteiger partial charge in [-0.05, 0) is 51.2 Å². The fraction of sp³-hybridized carbons (Fsp3) is 0.250. The molecule has 4 aromatic rings. The third-order valence-corrected chi connectivity index (χ3v) is 6.41. The van der Waals surface area contributed by atoms with E-state index in [-0.39, 0.29) is 6.10 Å². The Morgan fingerprint density at radius 3 is 2.39 bits per heavy atom. The largest absolute Gasteiger partial charge is 0.494 e. The number of hydrogen-bond acceptors (Lipinski definition) is 4. The molecule has 36 heavy (non-hydrogen) atoms. The van der Waals surface area contributed by atoms with Crippen molar-refractivity contribution >= 4 is 16.3 Å². The lowest BCUT2D eigenvalue weighted by atomic mass is 9.97. The van der Waals surface area contributed by atoms with Crippen LogP contribution in [0.3, 0.4) is 0 Å². The van der Waals surface area contributed by atoms with E-state index >= 15 is 0 Å². The van der Waals surface area contributed by atoms with Crippen molar-refractivity contribution in [2.75, 3.05) is 26.3 Å². The predicted octanol–water partition coefficient (Wildman–Crippen LogP) is 6.40. The smallest absolute Gasteiger partial charge is 0.119 e. The van der Waals surface area contributed by atoms with Crippen LogP contribution in [-0.2, 0) is 22.7 Å². The maximum absolute atomic E-state index is 6.37. The molecule has 184 valence electrons. The van der Waals surface area contributed by atoms with Crippen molar-refractivity contribution in [3.05, 3.63) is 120 Å². The standard InChI is InChI=1S/C32H33NO3/c1-2-7-25(8-3-1)23-34-19-6-20-35-30-15-13-28(14-16-30)31-17-18-33-22-32(31)36-24-26-11-12-27-9-4-5-10-29(27)21-26/h1-5,7-17,21,32-33H,6,18-20,22-24H2. The third kappa shape index (κ3) is 6.61. The molecule has 5 rings (SSSR count). The molecule has 1 atom stereocenters. The summed E-state index contributed by atoms with van der Waals surface area (Å²) in [4.78, 5) is 0. The van der Waals surface area contributed by atoms with Gasteiger partial charge < -0.3 is 19.5 Å². The quantitative estimate of drug-likeness (QED) is 0.253. The summed E-state index contributed by atoms with van der Waals surface area (Å²) in [6.07, 6.45) is 3.10. The Hall–Kier alpha value is -3.44. The topological polar surface area (TPSA) is 39.7 Å². The van der Waals surface area contributed by atoms with Gasteiger partial charge in [-0.3, -0.25) is 0 Å². The van der Waals surface area contributed by atoms with Crippen molar-refractivity contribution in [1.29, 1.82) is 0 Å². The Morgan fingerprint density at radius 1 is 0.722 bits per heavy atom. The van der Waals surface area contributed by atoms with Crippen molar-refractivity contribution < 1.29 is 14.2 Å². The molecule has 0 saturated carbocycles. The van der Waals surface area contributed by atoms with Gasteiger partial charge in [-0.1, -0.05) is 84.9 Å². The second-order valence-electron chi connectivity index (χ2n) is 9.06. The molecule has 1 N–H and O–H groups in total. The summed E-state index contributed by atoms with van der Waals surface area (Å²) in [5, 5.41) is 5.93. The lowest BCUT2D eigenvalue weighted by Crippen LogP contribution is -2.34. The van der Waals surface area contributed by atoms with E-state index in [2.05, 4.69) is 78.1 Å². The first kappa shape index (κ1) is 24.3. The van der Waals surface area contributed by atoms with E-state index in [4.69, 9.17) is 14.2 Å². The lowest BCUT2D eigenvalue weighted by Gasteiger charge is -2.26. The minimum atomic E-state index is 0.0127. The van der Waals surface area contributed by atoms with Crippen LogP contribution >= 0.6 is 0 Å². The van der Waals surface area contributed by atoms with Crippen molar-refractivity contribution in [2.24, 2.45) is 0 Å². The molecular weight excluding hydrogens is 446 g/mol. The molecule has 1 unspecified atom stereocenters. The highest BCUT2D eigenvalue weighted by molar-refractivity contribution is 5.83. The molecule has 1 aliphatic heterocycles. The monoisotopic (exact) mass is 479 g/mol. The minimum absolute atomic E-state index is 0.0127. The van der Waals surface area contributed by atoms with Crippen LogP contribution in [0.1, 0.15) is 23.1 Å². The number of rotatable bonds is 11. The average molecular weight is 480 g/mol. The zero-order valence-corrected chi connectivity index (χ0v) is 20.6. The molecule has 4 nitrogen and oxygen atoms in total. The van der Waals surface area contributed by atoms with Crippen LogP contribution in [0, 0.1) is 0 Å². The highest BCUT2D eigenvalue weighted by atomic mass is 16.5. The molecule has 4 aromatic carbocycles. The van der Waals surface area contributed by atoms with E-state index in [1.54, 1.807) is 0 Å². The van der Waals surface area contributed by atoms with Crippen molar-refractivity contribution in [3.63, 3.8) is 0 Å². The summed E-state index contributed by atoms with van der Waals surface area (Å²) >= 11 is 0. The van der Waals surface area contributed by atoms with Crippen LogP contribution < -0.4 is 10.1 Å². The first-order valence-electron chi connectivity index (χ1n) is 12.7. The van der Waals surface area contributed by atoms with Crippen LogP contribution in [0.25, 0.3) is 16.3 Å². The Kier molecular flexibility index (Phi) is 8.42. The Morgan fingerprint density at radius 2 is 1.53 bits per heavy atom. The Labute approximate surface area is 213 Å². The van der Waals surface area contributed by atoms with Crippen LogP contribution in [0.15, 0.2) is 103 Å². The first-order chi connectivity index (χ1) is 17.8. The number of benzene rings is 4. The van der Waals surface area contributed by atoms with Crippen LogP contribution in [0.5, 0.6) is 5.75 Å². The molecule has 4 heteroatoms. The molecule has 0 fully saturated rings. The Bertz CT molecular complexity index is 1270. The number of hydrogen-bond donors (Lipinski definition) is 1. The molecule has 0 aliphatic carbocycles. The Balaban J connectivity index is 1.10. The highest BCUT2D eigenvalue weighted by Crippen LogP contribution is 2.26. The SMILES string of the molecule is C1=C(c2ccc(OCCCOCc3ccccc3)cc2)C(OCc2ccc3ccccc3c2)CNC1. The second kappa shape index (κ2) is 12.5. The summed E-state index contributed by atoms with van der Waals surface area (Å²) in [7, 11) is 0. The highest BCUT2D eigenvalue weighted by Gasteiger charge is 2.20. The molecule has 0 bridgehead atoms. The second-order valence-corrected chi connectivity index (χ2v) is 9.06. The maximum atomic E-state index is 6.37. The zero-order valence-electron chi connectivity index (χ0n) is 20.6. The van der Waals surface area contributed by atoms with Crippen LogP contribution in [0.2, 0.25) is 0 Å². The molecule has 0 amide bonds. The summed E-state index contributed by atoms with van der Waals surface area (Å²) < 4.78 is 18.0. The predicted molar refractivity (Wildman–Crippen MR) is 146 cm³/mol. The van der Waals surface area contributed by atoms with Gasteiger partial charge in [-0.25, -0.2) is 0 Å². The van der Waals surface area contributed by atoms with Gasteiger partial charge in [0.05, 0.1) is 32.5 Å². The van der Waals surface area contributed by atoms with Gasteiger partial charge in [0.1, 0.15) is 5.75 Å². The van der Waals surface area contributed by atoms with Crippen molar-refractivity contribution in [3.8, 4) is 5.75 Å². The summed E-state index contributed by atoms with van der Waals surface area (Å²) in [6.45, 7) is 4.21. The van der Waals surface area contributed by atoms with Crippen molar-refractivity contribution in [2.45, 2.75) is 25.7 Å². The fourth-order valence-electron chi connectivity index (χ4n) is 4.47. The van der Waals surface area contributed by atoms with E-state index < -0.39 is 0 Å². The number of nitrogens with one attached hydrogen (secondary N) is 1. The van der Waals surface area contributed by atoms with Gasteiger partial charge in [-0.15, -0.1) is 0 Å². The van der Waals surface area contributed by atoms with Crippen LogP contribution in [-0.4, -0.2) is 32.4 Å². The zero-order chi connectivity index (χ0) is 24.4. The normalized spacial score (nSPS) is 15.6. The van der Waals surface area contributed by atoms with Gasteiger partial charge in [0.15, 0.2) is 0 Å². The molecule has 1 aliphatic rings. The van der Waals surface area contributed by atoms with Gasteiger partial charge in [0.25, 0.3) is 0 Å². The van der Waals surface area contributed by atoms with Gasteiger partial charge >= 0.3 is 0 Å². The number of fused-ring (bicyclic) bond motifs is 1. The minimum Gasteiger partial charge on any atom is -0.494 e. The molecule has 1 heterocycles. The summed E-state index contributed by atoms with van der Waals surface area (Å²) in [5.74, 6) is 0.880. The molecule has 0 radical (unpaired) electrons. The van der Waals surface area contributed by atoms with Gasteiger partial charge in [-0.2, -0.15) is 0 Å². The maximum Gasteiger partial charge on any atom is 0.119 e. The fourth-order valence-corrected chi connectivity index (χ4v) is 4.47. The van der Waals surface area contributed by atoms with E-state index in [0.717, 1.165) is 25.3 Å². The molecule has 0 saturated heterocycles. The first-order valence-corrected chi connectivity index (χ1v) is 12.7. The van der Waals surface area contributed by atoms with E-state index in [1.807, 2.05) is 30.3 Å². The van der Waals surface area contributed by atoms with E-state index in [0.29, 0.717) is 26.4 Å². The van der Waals surface area contributed by atoms with Crippen molar-refractivity contribution in [1.82, 2.24) is 5.32 Å². The van der Waals surface area contributed by atoms with Gasteiger partial charge in [0.2, 0.25) is 0 Å². The summed E-state index contributed by atoms with van der Waals surface area (Å²) in [5.41, 5.74) is 4.80. The lowest BCUT2D eigenvalue weighted by molar-refractivity contribution is 0.0764. The van der Waals surface area contributed by atoms with E-state index in [9.17, 15) is 0 Å². The molecule has 0 spiro atoms. The average Bonchev–Trinajstić information content (AvgIpc) is 2.95. The van der Waals surface area contributed by atoms with Gasteiger partial charge in [0, 0.05) is 19.5 Å². The van der Waals surface area contributed by atoms with Crippen LogP contribution in [0.4, 0.5) is 0 Å². The molecule has 0 aromatic heterocycles.